The molecule has 2 nitrogen and oxygen atoms in total. The summed E-state index contributed by atoms with van der Waals surface area (Å²) in [4.78, 5) is 0. The molecule has 0 aliphatic carbocycles. The van der Waals surface area contributed by atoms with Crippen molar-refractivity contribution < 1.29 is 13.2 Å². The predicted octanol–water partition coefficient (Wildman–Crippen LogP) is 1.70. The molecular weight excluding hydrogens is 169 g/mol. The molecule has 1 radical (unpaired) electrons. The van der Waals surface area contributed by atoms with Gasteiger partial charge in [-0.3, -0.25) is 0 Å². The molecule has 1 rings (SSSR count). The van der Waals surface area contributed by atoms with Gasteiger partial charge in [0.05, 0.1) is 6.20 Å². The third kappa shape index (κ3) is 1.41. The summed E-state index contributed by atoms with van der Waals surface area (Å²) in [5.41, 5.74) is -0.970. The fourth-order valence-corrected chi connectivity index (χ4v) is 0.538. The van der Waals surface area contributed by atoms with Crippen LogP contribution in [-0.4, -0.2) is 9.30 Å². The summed E-state index contributed by atoms with van der Waals surface area (Å²) in [6, 6.07) is 0. The highest BCUT2D eigenvalue weighted by Gasteiger charge is 2.32. The van der Waals surface area contributed by atoms with E-state index in [0.717, 1.165) is 0 Å². The molecule has 0 aromatic carbocycles. The van der Waals surface area contributed by atoms with E-state index < -0.39 is 11.7 Å². The topological polar surface area (TPSA) is 17.8 Å². The van der Waals surface area contributed by atoms with E-state index in [1.165, 1.54) is 0 Å². The highest BCUT2D eigenvalue weighted by atomic mass is 35.5. The third-order valence-corrected chi connectivity index (χ3v) is 0.980. The lowest BCUT2D eigenvalue weighted by Gasteiger charge is -1.98. The van der Waals surface area contributed by atoms with E-state index in [2.05, 4.69) is 5.10 Å². The van der Waals surface area contributed by atoms with Crippen LogP contribution in [0, 0.1) is 6.20 Å². The molecule has 0 fully saturated rings. The fourth-order valence-electron chi connectivity index (χ4n) is 0.402. The number of rotatable bonds is 0. The maximum Gasteiger partial charge on any atom is 0.420 e. The van der Waals surface area contributed by atoms with Crippen molar-refractivity contribution in [3.63, 3.8) is 0 Å². The molecular formula is C4HClF3N2. The molecule has 1 aromatic rings. The van der Waals surface area contributed by atoms with E-state index in [1.807, 2.05) is 0 Å². The van der Waals surface area contributed by atoms with Crippen LogP contribution in [0.5, 0.6) is 0 Å². The van der Waals surface area contributed by atoms with Gasteiger partial charge in [0.15, 0.2) is 0 Å². The van der Waals surface area contributed by atoms with Gasteiger partial charge in [-0.2, -0.15) is 22.5 Å². The molecule has 6 heteroatoms. The van der Waals surface area contributed by atoms with Gasteiger partial charge in [-0.1, -0.05) is 0 Å². The van der Waals surface area contributed by atoms with Crippen molar-refractivity contribution in [2.24, 2.45) is 0 Å². The lowest BCUT2D eigenvalue weighted by molar-refractivity contribution is -0.137. The second-order valence-corrected chi connectivity index (χ2v) is 1.89. The minimum Gasteiger partial charge on any atom is -0.179 e. The normalized spacial score (nSPS) is 12.0. The van der Waals surface area contributed by atoms with Gasteiger partial charge in [0, 0.05) is 11.8 Å². The van der Waals surface area contributed by atoms with Crippen LogP contribution in [0.3, 0.4) is 0 Å². The number of hydrogen-bond donors (Lipinski definition) is 0. The highest BCUT2D eigenvalue weighted by Crippen LogP contribution is 2.27. The number of alkyl halides is 3. The maximum absolute atomic E-state index is 11.7. The van der Waals surface area contributed by atoms with Gasteiger partial charge < -0.3 is 0 Å². The quantitative estimate of drug-likeness (QED) is 0.578. The summed E-state index contributed by atoms with van der Waals surface area (Å²) in [5, 5.41) is 3.02. The Morgan fingerprint density at radius 3 is 2.40 bits per heavy atom. The Kier molecular flexibility index (Phi) is 1.60. The largest absolute Gasteiger partial charge is 0.420 e. The zero-order chi connectivity index (χ0) is 7.78. The monoisotopic (exact) mass is 169 g/mol. The highest BCUT2D eigenvalue weighted by molar-refractivity contribution is 6.14. The van der Waals surface area contributed by atoms with Crippen molar-refractivity contribution in [2.45, 2.75) is 6.18 Å². The van der Waals surface area contributed by atoms with Crippen LogP contribution in [-0.2, 0) is 6.18 Å². The Morgan fingerprint density at radius 2 is 2.20 bits per heavy atom. The second kappa shape index (κ2) is 2.16. The average Bonchev–Trinajstić information content (AvgIpc) is 2.11. The lowest BCUT2D eigenvalue weighted by atomic mass is 10.4. The molecule has 0 bridgehead atoms. The van der Waals surface area contributed by atoms with E-state index in [4.69, 9.17) is 11.8 Å². The number of aromatic nitrogens is 2. The summed E-state index contributed by atoms with van der Waals surface area (Å²) >= 11 is 5.04. The predicted molar refractivity (Wildman–Crippen MR) is 27.3 cm³/mol. The van der Waals surface area contributed by atoms with Crippen molar-refractivity contribution in [3.8, 4) is 0 Å². The van der Waals surface area contributed by atoms with Gasteiger partial charge in [-0.15, -0.1) is 0 Å². The van der Waals surface area contributed by atoms with E-state index in [0.29, 0.717) is 10.4 Å². The first-order valence-electron chi connectivity index (χ1n) is 2.21. The van der Waals surface area contributed by atoms with E-state index in [1.54, 1.807) is 6.20 Å². The van der Waals surface area contributed by atoms with Crippen molar-refractivity contribution in [1.82, 2.24) is 9.30 Å². The van der Waals surface area contributed by atoms with E-state index in [9.17, 15) is 13.2 Å². The molecule has 0 aliphatic heterocycles. The molecule has 0 spiro atoms. The molecule has 0 aliphatic rings. The van der Waals surface area contributed by atoms with Crippen LogP contribution >= 0.6 is 11.8 Å². The average molecular weight is 170 g/mol. The van der Waals surface area contributed by atoms with Crippen LogP contribution in [0.4, 0.5) is 13.2 Å². The van der Waals surface area contributed by atoms with Gasteiger partial charge in [-0.25, -0.2) is 0 Å². The Bertz CT molecular complexity index is 229. The summed E-state index contributed by atoms with van der Waals surface area (Å²) in [6.45, 7) is 0. The van der Waals surface area contributed by atoms with Gasteiger partial charge in [-0.05, 0) is 0 Å². The SMILES string of the molecule is FC(F)(F)c1[c]nn(Cl)c1. The standard InChI is InChI=1S/C4HClF3N2/c5-10-2-3(1-9-10)4(6,7)8/h2H. The van der Waals surface area contributed by atoms with Crippen molar-refractivity contribution in [2.75, 3.05) is 0 Å². The Labute approximate surface area is 59.3 Å². The van der Waals surface area contributed by atoms with Crippen LogP contribution < -0.4 is 0 Å². The lowest BCUT2D eigenvalue weighted by Crippen LogP contribution is -2.02. The third-order valence-electron chi connectivity index (χ3n) is 0.807. The first kappa shape index (κ1) is 7.40. The summed E-state index contributed by atoms with van der Waals surface area (Å²) in [6.07, 6.45) is -2.07. The maximum atomic E-state index is 11.7. The molecule has 0 unspecified atom stereocenters. The smallest absolute Gasteiger partial charge is 0.179 e. The molecule has 0 saturated carbocycles. The number of halogens is 4. The van der Waals surface area contributed by atoms with Gasteiger partial charge in [0.1, 0.15) is 11.8 Å². The Balaban J connectivity index is 2.96. The number of nitrogens with zero attached hydrogens (tertiary/aromatic N) is 2. The first-order chi connectivity index (χ1) is 4.50. The molecule has 0 N–H and O–H groups in total. The zero-order valence-corrected chi connectivity index (χ0v) is 5.24. The molecule has 10 heavy (non-hydrogen) atoms. The molecule has 1 aromatic heterocycles. The van der Waals surface area contributed by atoms with Crippen LogP contribution in [0.25, 0.3) is 0 Å². The van der Waals surface area contributed by atoms with Crippen LogP contribution in [0.2, 0.25) is 0 Å². The van der Waals surface area contributed by atoms with Crippen LogP contribution in [0.15, 0.2) is 6.20 Å². The summed E-state index contributed by atoms with van der Waals surface area (Å²) in [5.74, 6) is 0. The second-order valence-electron chi connectivity index (χ2n) is 1.54. The van der Waals surface area contributed by atoms with Gasteiger partial charge in [0.25, 0.3) is 0 Å². The van der Waals surface area contributed by atoms with Crippen molar-refractivity contribution >= 4 is 11.8 Å². The van der Waals surface area contributed by atoms with Crippen molar-refractivity contribution in [3.05, 3.63) is 18.0 Å². The molecule has 55 valence electrons. The number of hydrogen-bond acceptors (Lipinski definition) is 1. The Morgan fingerprint density at radius 1 is 1.60 bits per heavy atom. The first-order valence-corrected chi connectivity index (χ1v) is 2.54. The molecule has 0 amide bonds. The van der Waals surface area contributed by atoms with Crippen LogP contribution in [0.1, 0.15) is 5.56 Å². The minimum absolute atomic E-state index is 0.531. The summed E-state index contributed by atoms with van der Waals surface area (Å²) in [7, 11) is 0. The fraction of sp³-hybridized carbons (Fsp3) is 0.250. The molecule has 0 saturated heterocycles. The summed E-state index contributed by atoms with van der Waals surface area (Å²) < 4.78 is 35.5. The minimum atomic E-state index is -4.41. The van der Waals surface area contributed by atoms with E-state index in [-0.39, 0.29) is 0 Å². The zero-order valence-electron chi connectivity index (χ0n) is 4.48. The van der Waals surface area contributed by atoms with Gasteiger partial charge >= 0.3 is 6.18 Å². The van der Waals surface area contributed by atoms with Crippen molar-refractivity contribution in [1.29, 1.82) is 0 Å². The van der Waals surface area contributed by atoms with E-state index >= 15 is 0 Å². The molecule has 0 atom stereocenters. The molecule has 1 heterocycles. The Hall–Kier alpha value is -0.710. The van der Waals surface area contributed by atoms with Gasteiger partial charge in [0.2, 0.25) is 0 Å².